The highest BCUT2D eigenvalue weighted by Gasteiger charge is 2.20. The molecule has 4 nitrogen and oxygen atoms in total. The maximum Gasteiger partial charge on any atom is 0.0719 e. The second-order valence-corrected chi connectivity index (χ2v) is 4.59. The molecular formula is C13H18N4. The van der Waals surface area contributed by atoms with Crippen LogP contribution in [-0.4, -0.2) is 21.3 Å². The fraction of sp³-hybridized carbons (Fsp3) is 0.462. The first kappa shape index (κ1) is 10.6. The third kappa shape index (κ3) is 1.78. The van der Waals surface area contributed by atoms with E-state index in [2.05, 4.69) is 15.7 Å². The Labute approximate surface area is 101 Å². The number of rotatable bonds is 3. The maximum atomic E-state index is 5.68. The van der Waals surface area contributed by atoms with E-state index in [9.17, 15) is 0 Å². The van der Waals surface area contributed by atoms with Crippen LogP contribution in [0.25, 0.3) is 11.1 Å². The van der Waals surface area contributed by atoms with Crippen molar-refractivity contribution in [2.24, 2.45) is 5.73 Å². The average Bonchev–Trinajstić information content (AvgIpc) is 2.94. The van der Waals surface area contributed by atoms with E-state index in [-0.39, 0.29) is 0 Å². The molecule has 0 fully saturated rings. The molecule has 0 aliphatic carbocycles. The fourth-order valence-electron chi connectivity index (χ4n) is 2.67. The number of fused-ring (bicyclic) bond motifs is 1. The van der Waals surface area contributed by atoms with Crippen LogP contribution >= 0.6 is 0 Å². The molecule has 3 rings (SSSR count). The van der Waals surface area contributed by atoms with Gasteiger partial charge in [-0.15, -0.1) is 0 Å². The van der Waals surface area contributed by atoms with Crippen LogP contribution in [0.3, 0.4) is 0 Å². The van der Waals surface area contributed by atoms with Gasteiger partial charge in [-0.1, -0.05) is 0 Å². The summed E-state index contributed by atoms with van der Waals surface area (Å²) in [4.78, 5) is 3.13. The lowest BCUT2D eigenvalue weighted by molar-refractivity contribution is 0.484. The minimum atomic E-state index is 0.661. The highest BCUT2D eigenvalue weighted by molar-refractivity contribution is 5.68. The summed E-state index contributed by atoms with van der Waals surface area (Å²) in [7, 11) is 0. The number of hydrogen-bond donors (Lipinski definition) is 2. The number of aryl methyl sites for hydroxylation is 1. The van der Waals surface area contributed by atoms with E-state index < -0.39 is 0 Å². The Kier molecular flexibility index (Phi) is 2.73. The molecule has 0 saturated heterocycles. The zero-order valence-corrected chi connectivity index (χ0v) is 9.95. The molecule has 0 atom stereocenters. The monoisotopic (exact) mass is 230 g/mol. The first-order chi connectivity index (χ1) is 8.40. The summed E-state index contributed by atoms with van der Waals surface area (Å²) in [6.45, 7) is 1.71. The normalized spacial score (nSPS) is 14.9. The molecule has 3 N–H and O–H groups in total. The Balaban J connectivity index is 2.12. The second kappa shape index (κ2) is 4.37. The van der Waals surface area contributed by atoms with Gasteiger partial charge >= 0.3 is 0 Å². The van der Waals surface area contributed by atoms with Crippen molar-refractivity contribution in [2.45, 2.75) is 32.2 Å². The topological polar surface area (TPSA) is 59.6 Å². The van der Waals surface area contributed by atoms with Crippen LogP contribution in [0.4, 0.5) is 0 Å². The van der Waals surface area contributed by atoms with E-state index in [1.807, 2.05) is 12.4 Å². The average molecular weight is 230 g/mol. The molecule has 90 valence electrons. The van der Waals surface area contributed by atoms with Crippen LogP contribution in [0, 0.1) is 0 Å². The third-order valence-corrected chi connectivity index (χ3v) is 3.43. The van der Waals surface area contributed by atoms with Gasteiger partial charge in [-0.3, -0.25) is 4.68 Å². The lowest BCUT2D eigenvalue weighted by Gasteiger charge is -2.14. The Bertz CT molecular complexity index is 496. The van der Waals surface area contributed by atoms with Gasteiger partial charge in [0.2, 0.25) is 0 Å². The van der Waals surface area contributed by atoms with Crippen molar-refractivity contribution in [1.29, 1.82) is 0 Å². The molecule has 0 amide bonds. The van der Waals surface area contributed by atoms with Gasteiger partial charge < -0.3 is 10.7 Å². The zero-order valence-electron chi connectivity index (χ0n) is 9.95. The fourth-order valence-corrected chi connectivity index (χ4v) is 2.67. The third-order valence-electron chi connectivity index (χ3n) is 3.43. The Morgan fingerprint density at radius 2 is 2.35 bits per heavy atom. The Morgan fingerprint density at radius 1 is 1.41 bits per heavy atom. The molecular weight excluding hydrogens is 212 g/mol. The van der Waals surface area contributed by atoms with E-state index in [4.69, 9.17) is 10.8 Å². The van der Waals surface area contributed by atoms with Gasteiger partial charge in [0.1, 0.15) is 0 Å². The second-order valence-electron chi connectivity index (χ2n) is 4.59. The van der Waals surface area contributed by atoms with Crippen LogP contribution < -0.4 is 5.73 Å². The Morgan fingerprint density at radius 3 is 3.12 bits per heavy atom. The van der Waals surface area contributed by atoms with Gasteiger partial charge in [0.25, 0.3) is 0 Å². The number of hydrogen-bond acceptors (Lipinski definition) is 2. The molecule has 1 aliphatic heterocycles. The molecule has 2 aromatic heterocycles. The first-order valence-electron chi connectivity index (χ1n) is 6.32. The number of nitrogens with two attached hydrogens (primary N) is 1. The van der Waals surface area contributed by atoms with Crippen molar-refractivity contribution in [1.82, 2.24) is 14.8 Å². The van der Waals surface area contributed by atoms with Crippen molar-refractivity contribution >= 4 is 0 Å². The number of aromatic nitrogens is 3. The van der Waals surface area contributed by atoms with Crippen molar-refractivity contribution in [2.75, 3.05) is 6.54 Å². The predicted octanol–water partition coefficient (Wildman–Crippen LogP) is 1.72. The molecule has 2 aromatic rings. The van der Waals surface area contributed by atoms with Crippen molar-refractivity contribution in [3.8, 4) is 11.1 Å². The highest BCUT2D eigenvalue weighted by atomic mass is 15.3. The van der Waals surface area contributed by atoms with Crippen LogP contribution in [0.2, 0.25) is 0 Å². The number of nitrogens with one attached hydrogen (secondary N) is 1. The Hall–Kier alpha value is -1.55. The number of nitrogens with zero attached hydrogens (tertiary/aromatic N) is 2. The lowest BCUT2D eigenvalue weighted by Crippen LogP contribution is -2.11. The van der Waals surface area contributed by atoms with Crippen LogP contribution in [0.1, 0.15) is 24.2 Å². The standard InChI is InChI=1S/C13H18N4/c14-6-4-11-13(10-5-7-15-9-10)12-3-1-2-8-17(12)16-11/h5,7,9,15H,1-4,6,8,14H2. The summed E-state index contributed by atoms with van der Waals surface area (Å²) < 4.78 is 2.18. The summed E-state index contributed by atoms with van der Waals surface area (Å²) in [5.41, 5.74) is 10.8. The predicted molar refractivity (Wildman–Crippen MR) is 67.7 cm³/mol. The van der Waals surface area contributed by atoms with Gasteiger partial charge in [0, 0.05) is 42.2 Å². The maximum absolute atomic E-state index is 5.68. The zero-order chi connectivity index (χ0) is 11.7. The molecule has 0 spiro atoms. The van der Waals surface area contributed by atoms with Crippen LogP contribution in [-0.2, 0) is 19.4 Å². The van der Waals surface area contributed by atoms with Crippen molar-refractivity contribution in [3.63, 3.8) is 0 Å². The SMILES string of the molecule is NCCc1nn2c(c1-c1cc[nH]c1)CCCC2. The molecule has 0 radical (unpaired) electrons. The number of aromatic amines is 1. The van der Waals surface area contributed by atoms with Gasteiger partial charge in [0.05, 0.1) is 5.69 Å². The van der Waals surface area contributed by atoms with Gasteiger partial charge in [0.15, 0.2) is 0 Å². The van der Waals surface area contributed by atoms with Crippen LogP contribution in [0.15, 0.2) is 18.5 Å². The van der Waals surface area contributed by atoms with Gasteiger partial charge in [-0.25, -0.2) is 0 Å². The minimum absolute atomic E-state index is 0.661. The summed E-state index contributed by atoms with van der Waals surface area (Å²) >= 11 is 0. The smallest absolute Gasteiger partial charge is 0.0719 e. The lowest BCUT2D eigenvalue weighted by atomic mass is 9.99. The van der Waals surface area contributed by atoms with E-state index in [1.54, 1.807) is 0 Å². The molecule has 1 aliphatic rings. The summed E-state index contributed by atoms with van der Waals surface area (Å²) in [6.07, 6.45) is 8.52. The summed E-state index contributed by atoms with van der Waals surface area (Å²) in [5, 5.41) is 4.72. The summed E-state index contributed by atoms with van der Waals surface area (Å²) in [6, 6.07) is 2.12. The van der Waals surface area contributed by atoms with E-state index >= 15 is 0 Å². The van der Waals surface area contributed by atoms with E-state index in [0.29, 0.717) is 6.54 Å². The largest absolute Gasteiger partial charge is 0.367 e. The van der Waals surface area contributed by atoms with E-state index in [0.717, 1.165) is 25.1 Å². The van der Waals surface area contributed by atoms with E-state index in [1.165, 1.54) is 29.7 Å². The minimum Gasteiger partial charge on any atom is -0.367 e. The molecule has 17 heavy (non-hydrogen) atoms. The molecule has 0 unspecified atom stereocenters. The van der Waals surface area contributed by atoms with Gasteiger partial charge in [-0.2, -0.15) is 5.10 Å². The van der Waals surface area contributed by atoms with Crippen LogP contribution in [0.5, 0.6) is 0 Å². The van der Waals surface area contributed by atoms with Crippen molar-refractivity contribution < 1.29 is 0 Å². The van der Waals surface area contributed by atoms with Crippen molar-refractivity contribution in [3.05, 3.63) is 29.8 Å². The highest BCUT2D eigenvalue weighted by Crippen LogP contribution is 2.31. The molecule has 0 aromatic carbocycles. The quantitative estimate of drug-likeness (QED) is 0.843. The molecule has 0 saturated carbocycles. The first-order valence-corrected chi connectivity index (χ1v) is 6.32. The van der Waals surface area contributed by atoms with Gasteiger partial charge in [-0.05, 0) is 31.9 Å². The molecule has 3 heterocycles. The molecule has 4 heteroatoms. The number of H-pyrrole nitrogens is 1. The summed E-state index contributed by atoms with van der Waals surface area (Å²) in [5.74, 6) is 0. The molecule has 0 bridgehead atoms.